The Morgan fingerprint density at radius 3 is 2.71 bits per heavy atom. The highest BCUT2D eigenvalue weighted by Gasteiger charge is 1.79. The molecule has 0 aromatic heterocycles. The van der Waals surface area contributed by atoms with Gasteiger partial charge >= 0.3 is 0 Å². The van der Waals surface area contributed by atoms with Gasteiger partial charge in [-0.25, -0.2) is 4.89 Å². The lowest BCUT2D eigenvalue weighted by molar-refractivity contribution is -0.514. The summed E-state index contributed by atoms with van der Waals surface area (Å²) in [5.41, 5.74) is 0. The van der Waals surface area contributed by atoms with E-state index in [2.05, 4.69) is 20.8 Å². The molecule has 0 rings (SSSR count). The summed E-state index contributed by atoms with van der Waals surface area (Å²) in [6.07, 6.45) is 0. The smallest absolute Gasteiger partial charge is 0.0823 e. The first-order chi connectivity index (χ1) is 3.41. The Labute approximate surface area is 44.8 Å². The van der Waals surface area contributed by atoms with Crippen LogP contribution >= 0.6 is 0 Å². The van der Waals surface area contributed by atoms with E-state index in [0.29, 0.717) is 6.61 Å². The SMILES string of the molecule is NOOOCC[SiH3]. The molecular formula is C2H9NO3Si. The van der Waals surface area contributed by atoms with Gasteiger partial charge in [-0.3, -0.25) is 0 Å². The highest BCUT2D eigenvalue weighted by molar-refractivity contribution is 6.08. The van der Waals surface area contributed by atoms with Crippen LogP contribution in [0, 0.1) is 0 Å². The summed E-state index contributed by atoms with van der Waals surface area (Å²) < 4.78 is 0. The van der Waals surface area contributed by atoms with E-state index < -0.39 is 0 Å². The zero-order chi connectivity index (χ0) is 5.54. The molecule has 4 nitrogen and oxygen atoms in total. The number of hydrogen-bond acceptors (Lipinski definition) is 4. The molecule has 0 aliphatic carbocycles. The second-order valence-electron chi connectivity index (χ2n) is 0.986. The highest BCUT2D eigenvalue weighted by atomic mass is 28.1. The zero-order valence-corrected chi connectivity index (χ0v) is 6.22. The maximum Gasteiger partial charge on any atom is 0.0823 e. The van der Waals surface area contributed by atoms with Crippen LogP contribution in [0.25, 0.3) is 0 Å². The fraction of sp³-hybridized carbons (Fsp3) is 1.00. The third-order valence-corrected chi connectivity index (χ3v) is 0.783. The predicted molar refractivity (Wildman–Crippen MR) is 27.1 cm³/mol. The average molecular weight is 123 g/mol. The lowest BCUT2D eigenvalue weighted by Gasteiger charge is -1.92. The van der Waals surface area contributed by atoms with Crippen LogP contribution in [0.15, 0.2) is 0 Å². The van der Waals surface area contributed by atoms with E-state index in [1.165, 1.54) is 0 Å². The largest absolute Gasteiger partial charge is 0.205 e. The number of hydrogen-bond donors (Lipinski definition) is 1. The van der Waals surface area contributed by atoms with E-state index in [4.69, 9.17) is 0 Å². The van der Waals surface area contributed by atoms with Gasteiger partial charge in [0.15, 0.2) is 0 Å². The van der Waals surface area contributed by atoms with Crippen molar-refractivity contribution in [2.45, 2.75) is 6.04 Å². The second kappa shape index (κ2) is 6.06. The van der Waals surface area contributed by atoms with Gasteiger partial charge in [-0.05, 0) is 11.1 Å². The molecule has 0 unspecified atom stereocenters. The lowest BCUT2D eigenvalue weighted by atomic mass is 10.9. The number of rotatable bonds is 4. The van der Waals surface area contributed by atoms with E-state index in [0.717, 1.165) is 16.3 Å². The fourth-order valence-electron chi connectivity index (χ4n) is 0.145. The van der Waals surface area contributed by atoms with Crippen LogP contribution in [0.4, 0.5) is 0 Å². The molecule has 0 aromatic carbocycles. The maximum atomic E-state index is 4.43. The predicted octanol–water partition coefficient (Wildman–Crippen LogP) is -1.48. The third kappa shape index (κ3) is 6.06. The molecule has 0 saturated carbocycles. The number of nitrogens with two attached hydrogens (primary N) is 1. The van der Waals surface area contributed by atoms with Crippen molar-refractivity contribution in [3.8, 4) is 0 Å². The molecule has 0 saturated heterocycles. The van der Waals surface area contributed by atoms with Crippen LogP contribution in [0.2, 0.25) is 6.04 Å². The standard InChI is InChI=1S/C2H9NO3Si/c3-5-6-4-1-2-7/h1-3H2,7H3. The Bertz CT molecular complexity index is 32.1. The average Bonchev–Trinajstić information content (AvgIpc) is 1.69. The van der Waals surface area contributed by atoms with Crippen molar-refractivity contribution in [1.82, 2.24) is 0 Å². The molecule has 0 aromatic rings. The van der Waals surface area contributed by atoms with Crippen LogP contribution in [0.3, 0.4) is 0 Å². The molecule has 0 radical (unpaired) electrons. The van der Waals surface area contributed by atoms with Gasteiger partial charge in [-0.15, -0.1) is 4.99 Å². The van der Waals surface area contributed by atoms with Crippen LogP contribution < -0.4 is 5.90 Å². The lowest BCUT2D eigenvalue weighted by Crippen LogP contribution is -2.02. The second-order valence-corrected chi connectivity index (χ2v) is 1.99. The van der Waals surface area contributed by atoms with E-state index >= 15 is 0 Å². The van der Waals surface area contributed by atoms with E-state index in [1.54, 1.807) is 0 Å². The van der Waals surface area contributed by atoms with Gasteiger partial charge in [-0.1, -0.05) is 0 Å². The van der Waals surface area contributed by atoms with Crippen molar-refractivity contribution in [2.75, 3.05) is 6.61 Å². The summed E-state index contributed by atoms with van der Waals surface area (Å²) in [5, 5.41) is 3.87. The molecular weight excluding hydrogens is 114 g/mol. The van der Waals surface area contributed by atoms with Crippen LogP contribution in [-0.2, 0) is 14.9 Å². The molecule has 5 heteroatoms. The maximum absolute atomic E-state index is 4.43. The fourth-order valence-corrected chi connectivity index (χ4v) is 0.312. The van der Waals surface area contributed by atoms with E-state index in [1.807, 2.05) is 0 Å². The molecule has 2 N–H and O–H groups in total. The first-order valence-electron chi connectivity index (χ1n) is 2.06. The molecule has 0 atom stereocenters. The molecule has 7 heavy (non-hydrogen) atoms. The Kier molecular flexibility index (Phi) is 6.11. The third-order valence-electron chi connectivity index (χ3n) is 0.375. The Morgan fingerprint density at radius 1 is 1.57 bits per heavy atom. The summed E-state index contributed by atoms with van der Waals surface area (Å²) in [6.45, 7) is 0.559. The first kappa shape index (κ1) is 7.06. The van der Waals surface area contributed by atoms with E-state index in [-0.39, 0.29) is 0 Å². The van der Waals surface area contributed by atoms with Crippen LogP contribution in [0.1, 0.15) is 0 Å². The molecule has 0 amide bonds. The zero-order valence-electron chi connectivity index (χ0n) is 4.22. The molecule has 44 valence electrons. The van der Waals surface area contributed by atoms with Gasteiger partial charge in [0, 0.05) is 10.2 Å². The Balaban J connectivity index is 2.45. The van der Waals surface area contributed by atoms with Gasteiger partial charge in [0.2, 0.25) is 0 Å². The van der Waals surface area contributed by atoms with Crippen LogP contribution in [-0.4, -0.2) is 16.8 Å². The normalized spacial score (nSPS) is 9.86. The van der Waals surface area contributed by atoms with Gasteiger partial charge in [0.1, 0.15) is 0 Å². The van der Waals surface area contributed by atoms with Gasteiger partial charge in [-0.2, -0.15) is 5.90 Å². The van der Waals surface area contributed by atoms with Crippen molar-refractivity contribution in [3.05, 3.63) is 0 Å². The van der Waals surface area contributed by atoms with Crippen molar-refractivity contribution >= 4 is 10.2 Å². The van der Waals surface area contributed by atoms with Crippen molar-refractivity contribution in [3.63, 3.8) is 0 Å². The quantitative estimate of drug-likeness (QED) is 0.214. The highest BCUT2D eigenvalue weighted by Crippen LogP contribution is 1.77. The van der Waals surface area contributed by atoms with Crippen molar-refractivity contribution in [1.29, 1.82) is 0 Å². The van der Waals surface area contributed by atoms with Gasteiger partial charge in [0.05, 0.1) is 6.61 Å². The van der Waals surface area contributed by atoms with E-state index in [9.17, 15) is 0 Å². The Hall–Kier alpha value is 0.0569. The molecule has 0 spiro atoms. The molecule has 0 heterocycles. The minimum absolute atomic E-state index is 0.559. The summed E-state index contributed by atoms with van der Waals surface area (Å²) in [5.74, 6) is 4.43. The monoisotopic (exact) mass is 123 g/mol. The molecule has 0 aliphatic rings. The topological polar surface area (TPSA) is 53.7 Å². The van der Waals surface area contributed by atoms with Crippen molar-refractivity contribution in [2.24, 2.45) is 5.90 Å². The van der Waals surface area contributed by atoms with Crippen molar-refractivity contribution < 1.29 is 14.9 Å². The van der Waals surface area contributed by atoms with Crippen LogP contribution in [0.5, 0.6) is 0 Å². The Morgan fingerprint density at radius 2 is 2.29 bits per heavy atom. The summed E-state index contributed by atoms with van der Waals surface area (Å²) in [6, 6.07) is 1.02. The minimum atomic E-state index is 0.559. The molecule has 0 aliphatic heterocycles. The molecule has 0 fully saturated rings. The first-order valence-corrected chi connectivity index (χ1v) is 3.48. The minimum Gasteiger partial charge on any atom is -0.205 e. The summed E-state index contributed by atoms with van der Waals surface area (Å²) in [4.78, 5) is 7.96. The molecule has 0 bridgehead atoms. The summed E-state index contributed by atoms with van der Waals surface area (Å²) in [7, 11) is 1.10. The van der Waals surface area contributed by atoms with Gasteiger partial charge < -0.3 is 0 Å². The van der Waals surface area contributed by atoms with Gasteiger partial charge in [0.25, 0.3) is 0 Å². The summed E-state index contributed by atoms with van der Waals surface area (Å²) >= 11 is 0.